The molecule has 0 radical (unpaired) electrons. The van der Waals surface area contributed by atoms with Crippen molar-refractivity contribution >= 4 is 5.97 Å². The average molecular weight is 216 g/mol. The number of unbranched alkanes of at least 4 members (excludes halogenated alkanes) is 5. The lowest BCUT2D eigenvalue weighted by Gasteiger charge is -2.10. The quantitative estimate of drug-likeness (QED) is 0.439. The van der Waals surface area contributed by atoms with Gasteiger partial charge in [-0.05, 0) is 13.3 Å². The van der Waals surface area contributed by atoms with Crippen LogP contribution in [0.25, 0.3) is 0 Å². The second-order valence-corrected chi connectivity index (χ2v) is 3.80. The van der Waals surface area contributed by atoms with E-state index in [9.17, 15) is 4.79 Å². The predicted molar refractivity (Wildman–Crippen MR) is 60.8 cm³/mol. The van der Waals surface area contributed by atoms with Crippen LogP contribution >= 0.6 is 0 Å². The Morgan fingerprint density at radius 1 is 1.13 bits per heavy atom. The molecule has 0 aromatic rings. The van der Waals surface area contributed by atoms with Crippen molar-refractivity contribution in [2.24, 2.45) is 0 Å². The Hall–Kier alpha value is -0.570. The van der Waals surface area contributed by atoms with Crippen LogP contribution in [0.1, 0.15) is 52.4 Å². The first-order valence-electron chi connectivity index (χ1n) is 5.91. The van der Waals surface area contributed by atoms with E-state index >= 15 is 0 Å². The number of esters is 1. The van der Waals surface area contributed by atoms with Crippen LogP contribution in [0.3, 0.4) is 0 Å². The van der Waals surface area contributed by atoms with Crippen molar-refractivity contribution in [3.63, 3.8) is 0 Å². The van der Waals surface area contributed by atoms with Gasteiger partial charge in [0.25, 0.3) is 0 Å². The molecule has 0 aromatic heterocycles. The van der Waals surface area contributed by atoms with Crippen molar-refractivity contribution in [1.82, 2.24) is 0 Å². The summed E-state index contributed by atoms with van der Waals surface area (Å²) in [5, 5.41) is 0. The predicted octanol–water partition coefficient (Wildman–Crippen LogP) is 2.93. The highest BCUT2D eigenvalue weighted by atomic mass is 16.6. The molecule has 0 amide bonds. The molecule has 1 unspecified atom stereocenters. The monoisotopic (exact) mass is 216 g/mol. The SMILES string of the molecule is CCCCCCCCOC(C)C(=O)OC. The average Bonchev–Trinajstić information content (AvgIpc) is 2.26. The highest BCUT2D eigenvalue weighted by molar-refractivity contribution is 5.73. The summed E-state index contributed by atoms with van der Waals surface area (Å²) in [7, 11) is 1.38. The fraction of sp³-hybridized carbons (Fsp3) is 0.917. The van der Waals surface area contributed by atoms with E-state index < -0.39 is 6.10 Å². The van der Waals surface area contributed by atoms with Crippen molar-refractivity contribution in [2.75, 3.05) is 13.7 Å². The molecular weight excluding hydrogens is 192 g/mol. The topological polar surface area (TPSA) is 35.5 Å². The Bertz CT molecular complexity index is 157. The van der Waals surface area contributed by atoms with Gasteiger partial charge in [-0.3, -0.25) is 0 Å². The molecule has 3 heteroatoms. The van der Waals surface area contributed by atoms with Gasteiger partial charge in [0.2, 0.25) is 0 Å². The van der Waals surface area contributed by atoms with Gasteiger partial charge in [-0.1, -0.05) is 39.0 Å². The molecule has 0 heterocycles. The molecule has 0 bridgehead atoms. The van der Waals surface area contributed by atoms with E-state index in [4.69, 9.17) is 4.74 Å². The van der Waals surface area contributed by atoms with E-state index in [0.717, 1.165) is 6.42 Å². The Kier molecular flexibility index (Phi) is 9.59. The van der Waals surface area contributed by atoms with Crippen molar-refractivity contribution < 1.29 is 14.3 Å². The molecule has 0 rings (SSSR count). The molecular formula is C12H24O3. The number of carbonyl (C=O) groups is 1. The van der Waals surface area contributed by atoms with Gasteiger partial charge < -0.3 is 9.47 Å². The van der Waals surface area contributed by atoms with Crippen LogP contribution in [-0.4, -0.2) is 25.8 Å². The molecule has 0 aliphatic heterocycles. The zero-order valence-electron chi connectivity index (χ0n) is 10.3. The molecule has 0 aromatic carbocycles. The summed E-state index contributed by atoms with van der Waals surface area (Å²) in [6.45, 7) is 4.59. The smallest absolute Gasteiger partial charge is 0.334 e. The molecule has 0 aliphatic carbocycles. The Morgan fingerprint density at radius 2 is 1.73 bits per heavy atom. The number of ether oxygens (including phenoxy) is 2. The Morgan fingerprint density at radius 3 is 2.33 bits per heavy atom. The minimum atomic E-state index is -0.425. The molecule has 3 nitrogen and oxygen atoms in total. The Labute approximate surface area is 93.1 Å². The second kappa shape index (κ2) is 9.97. The summed E-state index contributed by atoms with van der Waals surface area (Å²) in [4.78, 5) is 11.0. The van der Waals surface area contributed by atoms with E-state index in [1.165, 1.54) is 39.2 Å². The standard InChI is InChI=1S/C12H24O3/c1-4-5-6-7-8-9-10-15-11(2)12(13)14-3/h11H,4-10H2,1-3H3. The van der Waals surface area contributed by atoms with Crippen LogP contribution in [0.4, 0.5) is 0 Å². The molecule has 15 heavy (non-hydrogen) atoms. The van der Waals surface area contributed by atoms with Gasteiger partial charge in [0.1, 0.15) is 0 Å². The van der Waals surface area contributed by atoms with Gasteiger partial charge in [-0.25, -0.2) is 4.79 Å². The molecule has 0 saturated heterocycles. The van der Waals surface area contributed by atoms with Gasteiger partial charge in [-0.15, -0.1) is 0 Å². The van der Waals surface area contributed by atoms with Crippen LogP contribution in [0.15, 0.2) is 0 Å². The molecule has 0 aliphatic rings. The van der Waals surface area contributed by atoms with E-state index in [1.54, 1.807) is 6.92 Å². The first-order chi connectivity index (χ1) is 7.22. The molecule has 0 saturated carbocycles. The first-order valence-corrected chi connectivity index (χ1v) is 5.91. The van der Waals surface area contributed by atoms with E-state index in [1.807, 2.05) is 0 Å². The first kappa shape index (κ1) is 14.4. The summed E-state index contributed by atoms with van der Waals surface area (Å²) in [5.74, 6) is -0.291. The summed E-state index contributed by atoms with van der Waals surface area (Å²) in [5.41, 5.74) is 0. The maximum atomic E-state index is 11.0. The molecule has 0 N–H and O–H groups in total. The third kappa shape index (κ3) is 8.43. The fourth-order valence-corrected chi connectivity index (χ4v) is 1.38. The van der Waals surface area contributed by atoms with Gasteiger partial charge in [0.05, 0.1) is 7.11 Å². The third-order valence-electron chi connectivity index (χ3n) is 2.40. The van der Waals surface area contributed by atoms with Crippen molar-refractivity contribution in [2.45, 2.75) is 58.5 Å². The Balaban J connectivity index is 3.20. The normalized spacial score (nSPS) is 12.5. The number of rotatable bonds is 9. The van der Waals surface area contributed by atoms with Crippen LogP contribution in [0, 0.1) is 0 Å². The number of methoxy groups -OCH3 is 1. The molecule has 1 atom stereocenters. The van der Waals surface area contributed by atoms with Crippen LogP contribution in [0.5, 0.6) is 0 Å². The fourth-order valence-electron chi connectivity index (χ4n) is 1.38. The zero-order chi connectivity index (χ0) is 11.5. The lowest BCUT2D eigenvalue weighted by atomic mass is 10.1. The van der Waals surface area contributed by atoms with E-state index in [0.29, 0.717) is 6.61 Å². The van der Waals surface area contributed by atoms with Gasteiger partial charge in [0.15, 0.2) is 6.10 Å². The maximum Gasteiger partial charge on any atom is 0.334 e. The van der Waals surface area contributed by atoms with Gasteiger partial charge in [0, 0.05) is 6.61 Å². The van der Waals surface area contributed by atoms with Crippen LogP contribution < -0.4 is 0 Å². The molecule has 0 fully saturated rings. The highest BCUT2D eigenvalue weighted by Gasteiger charge is 2.12. The number of carbonyl (C=O) groups excluding carboxylic acids is 1. The van der Waals surface area contributed by atoms with Gasteiger partial charge in [-0.2, -0.15) is 0 Å². The van der Waals surface area contributed by atoms with Crippen molar-refractivity contribution in [3.8, 4) is 0 Å². The van der Waals surface area contributed by atoms with Crippen LogP contribution in [-0.2, 0) is 14.3 Å². The highest BCUT2D eigenvalue weighted by Crippen LogP contribution is 2.05. The minimum Gasteiger partial charge on any atom is -0.467 e. The minimum absolute atomic E-state index is 0.291. The second-order valence-electron chi connectivity index (χ2n) is 3.80. The summed E-state index contributed by atoms with van der Waals surface area (Å²) >= 11 is 0. The maximum absolute atomic E-state index is 11.0. The number of hydrogen-bond donors (Lipinski definition) is 0. The lowest BCUT2D eigenvalue weighted by molar-refractivity contribution is -0.152. The largest absolute Gasteiger partial charge is 0.467 e. The zero-order valence-corrected chi connectivity index (χ0v) is 10.3. The van der Waals surface area contributed by atoms with Gasteiger partial charge >= 0.3 is 5.97 Å². The van der Waals surface area contributed by atoms with E-state index in [2.05, 4.69) is 11.7 Å². The summed E-state index contributed by atoms with van der Waals surface area (Å²) in [6, 6.07) is 0. The van der Waals surface area contributed by atoms with Crippen molar-refractivity contribution in [1.29, 1.82) is 0 Å². The van der Waals surface area contributed by atoms with Crippen molar-refractivity contribution in [3.05, 3.63) is 0 Å². The third-order valence-corrected chi connectivity index (χ3v) is 2.40. The summed E-state index contributed by atoms with van der Waals surface area (Å²) < 4.78 is 9.88. The number of hydrogen-bond acceptors (Lipinski definition) is 3. The summed E-state index contributed by atoms with van der Waals surface area (Å²) in [6.07, 6.45) is 6.96. The molecule has 90 valence electrons. The van der Waals surface area contributed by atoms with E-state index in [-0.39, 0.29) is 5.97 Å². The van der Waals surface area contributed by atoms with Crippen LogP contribution in [0.2, 0.25) is 0 Å². The molecule has 0 spiro atoms. The lowest BCUT2D eigenvalue weighted by Crippen LogP contribution is -2.22.